The van der Waals surface area contributed by atoms with Crippen LogP contribution >= 0.6 is 0 Å². The van der Waals surface area contributed by atoms with Gasteiger partial charge < -0.3 is 14.6 Å². The monoisotopic (exact) mass is 1120 g/mol. The van der Waals surface area contributed by atoms with Crippen molar-refractivity contribution in [2.75, 3.05) is 13.2 Å². The van der Waals surface area contributed by atoms with Crippen LogP contribution in [0.4, 0.5) is 0 Å². The molecule has 0 amide bonds. The third-order valence-electron chi connectivity index (χ3n) is 16.0. The second kappa shape index (κ2) is 70.6. The lowest BCUT2D eigenvalue weighted by molar-refractivity contribution is -0.161. The van der Waals surface area contributed by atoms with Gasteiger partial charge in [-0.3, -0.25) is 9.59 Å². The Morgan fingerprint density at radius 1 is 0.300 bits per heavy atom. The topological polar surface area (TPSA) is 72.8 Å². The average molecular weight is 1120 g/mol. The first-order valence-electron chi connectivity index (χ1n) is 35.5. The minimum Gasteiger partial charge on any atom is -0.462 e. The van der Waals surface area contributed by atoms with Crippen LogP contribution in [-0.4, -0.2) is 36.4 Å². The standard InChI is InChI=1S/C75H136O5/c1-3-5-7-9-11-13-15-17-19-21-23-25-27-29-31-32-33-34-35-36-37-38-39-40-41-42-44-46-48-50-52-54-56-58-60-62-64-66-68-70-75(78)80-73(71-76)72-79-74(77)69-67-65-63-61-59-57-55-53-51-49-47-45-43-30-28-26-24-22-20-18-16-14-12-10-8-6-4-2/h5,7,11,13,16-19,22-25,73,76H,3-4,6,8-10,12,14-15,20-21,26-72H2,1-2H3/b7-5-,13-11-,18-16-,19-17-,24-22-,25-23-. The Kier molecular flexibility index (Phi) is 68.3. The van der Waals surface area contributed by atoms with Gasteiger partial charge in [-0.2, -0.15) is 0 Å². The van der Waals surface area contributed by atoms with Crippen molar-refractivity contribution in [3.63, 3.8) is 0 Å². The zero-order valence-corrected chi connectivity index (χ0v) is 53.6. The third kappa shape index (κ3) is 67.8. The van der Waals surface area contributed by atoms with Crippen molar-refractivity contribution >= 4 is 11.9 Å². The molecule has 466 valence electrons. The molecule has 0 bridgehead atoms. The zero-order chi connectivity index (χ0) is 57.6. The molecule has 0 aromatic heterocycles. The van der Waals surface area contributed by atoms with Gasteiger partial charge >= 0.3 is 11.9 Å². The van der Waals surface area contributed by atoms with Gasteiger partial charge in [0.15, 0.2) is 6.10 Å². The van der Waals surface area contributed by atoms with Crippen molar-refractivity contribution in [1.82, 2.24) is 0 Å². The number of allylic oxidation sites excluding steroid dienone is 12. The predicted molar refractivity (Wildman–Crippen MR) is 353 cm³/mol. The van der Waals surface area contributed by atoms with Gasteiger partial charge in [0, 0.05) is 12.8 Å². The van der Waals surface area contributed by atoms with Crippen molar-refractivity contribution in [1.29, 1.82) is 0 Å². The van der Waals surface area contributed by atoms with Crippen LogP contribution in [0.1, 0.15) is 373 Å². The zero-order valence-electron chi connectivity index (χ0n) is 53.6. The largest absolute Gasteiger partial charge is 0.462 e. The highest BCUT2D eigenvalue weighted by atomic mass is 16.6. The first kappa shape index (κ1) is 77.3. The van der Waals surface area contributed by atoms with Crippen molar-refractivity contribution in [2.24, 2.45) is 0 Å². The maximum Gasteiger partial charge on any atom is 0.306 e. The van der Waals surface area contributed by atoms with E-state index in [9.17, 15) is 14.7 Å². The fourth-order valence-corrected chi connectivity index (χ4v) is 10.7. The van der Waals surface area contributed by atoms with Crippen LogP contribution in [0.2, 0.25) is 0 Å². The molecule has 5 heteroatoms. The summed E-state index contributed by atoms with van der Waals surface area (Å²) in [6.07, 6.45) is 98.0. The molecule has 1 atom stereocenters. The van der Waals surface area contributed by atoms with Gasteiger partial charge in [-0.15, -0.1) is 0 Å². The number of ether oxygens (including phenoxy) is 2. The number of carbonyl (C=O) groups excluding carboxylic acids is 2. The Morgan fingerprint density at radius 2 is 0.537 bits per heavy atom. The number of hydrogen-bond donors (Lipinski definition) is 1. The van der Waals surface area contributed by atoms with Gasteiger partial charge in [0.2, 0.25) is 0 Å². The number of carbonyl (C=O) groups is 2. The van der Waals surface area contributed by atoms with Crippen LogP contribution in [-0.2, 0) is 19.1 Å². The summed E-state index contributed by atoms with van der Waals surface area (Å²) in [5.41, 5.74) is 0. The first-order valence-corrected chi connectivity index (χ1v) is 35.5. The SMILES string of the molecule is CC/C=C\C/C=C\C/C=C\C/C=C\CCCCCCCCCCCCCCCCCCCCCCCCCCCCC(=O)OC(CO)COC(=O)CCCCCCCCCCCCCCCCC/C=C\C/C=C\CCCCCCC. The third-order valence-corrected chi connectivity index (χ3v) is 16.0. The van der Waals surface area contributed by atoms with Crippen LogP contribution < -0.4 is 0 Å². The van der Waals surface area contributed by atoms with Crippen molar-refractivity contribution < 1.29 is 24.2 Å². The highest BCUT2D eigenvalue weighted by Crippen LogP contribution is 2.19. The van der Waals surface area contributed by atoms with Crippen LogP contribution in [0.15, 0.2) is 72.9 Å². The molecule has 0 spiro atoms. The van der Waals surface area contributed by atoms with E-state index in [0.29, 0.717) is 12.8 Å². The summed E-state index contributed by atoms with van der Waals surface area (Å²) in [6.45, 7) is 4.07. The molecule has 0 aromatic rings. The smallest absolute Gasteiger partial charge is 0.306 e. The summed E-state index contributed by atoms with van der Waals surface area (Å²) in [6, 6.07) is 0. The number of unbranched alkanes of at least 4 members (excludes halogenated alkanes) is 46. The molecule has 0 fully saturated rings. The number of hydrogen-bond acceptors (Lipinski definition) is 5. The van der Waals surface area contributed by atoms with Gasteiger partial charge in [0.1, 0.15) is 6.61 Å². The van der Waals surface area contributed by atoms with E-state index < -0.39 is 6.10 Å². The molecule has 0 rings (SSSR count). The first-order chi connectivity index (χ1) is 39.6. The van der Waals surface area contributed by atoms with Crippen LogP contribution in [0.5, 0.6) is 0 Å². The normalized spacial score (nSPS) is 12.6. The summed E-state index contributed by atoms with van der Waals surface area (Å²) < 4.78 is 10.8. The molecule has 1 N–H and O–H groups in total. The maximum atomic E-state index is 12.4. The van der Waals surface area contributed by atoms with Crippen molar-refractivity contribution in [2.45, 2.75) is 380 Å². The van der Waals surface area contributed by atoms with E-state index in [0.717, 1.165) is 70.6 Å². The molecular formula is C75H136O5. The molecule has 0 aromatic carbocycles. The van der Waals surface area contributed by atoms with E-state index in [2.05, 4.69) is 86.8 Å². The Labute approximate surface area is 499 Å². The molecule has 0 saturated carbocycles. The summed E-state index contributed by atoms with van der Waals surface area (Å²) >= 11 is 0. The quantitative estimate of drug-likeness (QED) is 0.0373. The number of esters is 2. The summed E-state index contributed by atoms with van der Waals surface area (Å²) in [7, 11) is 0. The molecule has 0 radical (unpaired) electrons. The molecule has 0 aliphatic heterocycles. The van der Waals surface area contributed by atoms with E-state index in [1.165, 1.54) is 276 Å². The number of rotatable bonds is 66. The molecule has 80 heavy (non-hydrogen) atoms. The van der Waals surface area contributed by atoms with Gasteiger partial charge in [0.05, 0.1) is 6.61 Å². The number of aliphatic hydroxyl groups excluding tert-OH is 1. The van der Waals surface area contributed by atoms with Crippen molar-refractivity contribution in [3.05, 3.63) is 72.9 Å². The fraction of sp³-hybridized carbons (Fsp3) is 0.813. The Morgan fingerprint density at radius 3 is 0.812 bits per heavy atom. The number of aliphatic hydroxyl groups is 1. The highest BCUT2D eigenvalue weighted by molar-refractivity contribution is 5.70. The van der Waals surface area contributed by atoms with E-state index in [1.807, 2.05) is 0 Å². The molecule has 0 aliphatic rings. The highest BCUT2D eigenvalue weighted by Gasteiger charge is 2.16. The molecule has 0 heterocycles. The van der Waals surface area contributed by atoms with Gasteiger partial charge in [0.25, 0.3) is 0 Å². The molecular weight excluding hydrogens is 981 g/mol. The van der Waals surface area contributed by atoms with E-state index in [4.69, 9.17) is 9.47 Å². The van der Waals surface area contributed by atoms with Crippen LogP contribution in [0.3, 0.4) is 0 Å². The Hall–Kier alpha value is -2.66. The Bertz CT molecular complexity index is 1400. The molecule has 0 aliphatic carbocycles. The molecule has 1 unspecified atom stereocenters. The summed E-state index contributed by atoms with van der Waals surface area (Å²) in [5.74, 6) is -0.571. The Balaban J connectivity index is 3.39. The minimum absolute atomic E-state index is 0.0619. The summed E-state index contributed by atoms with van der Waals surface area (Å²) in [4.78, 5) is 24.7. The molecule has 0 saturated heterocycles. The maximum absolute atomic E-state index is 12.4. The fourth-order valence-electron chi connectivity index (χ4n) is 10.7. The van der Waals surface area contributed by atoms with Crippen molar-refractivity contribution in [3.8, 4) is 0 Å². The van der Waals surface area contributed by atoms with E-state index in [-0.39, 0.29) is 25.2 Å². The lowest BCUT2D eigenvalue weighted by Gasteiger charge is -2.15. The lowest BCUT2D eigenvalue weighted by Crippen LogP contribution is -2.28. The van der Waals surface area contributed by atoms with Crippen LogP contribution in [0, 0.1) is 0 Å². The second-order valence-electron chi connectivity index (χ2n) is 23.9. The van der Waals surface area contributed by atoms with E-state index in [1.54, 1.807) is 0 Å². The lowest BCUT2D eigenvalue weighted by atomic mass is 10.0. The van der Waals surface area contributed by atoms with Gasteiger partial charge in [-0.1, -0.05) is 350 Å². The van der Waals surface area contributed by atoms with E-state index >= 15 is 0 Å². The summed E-state index contributed by atoms with van der Waals surface area (Å²) in [5, 5.41) is 9.70. The molecule has 5 nitrogen and oxygen atoms in total. The van der Waals surface area contributed by atoms with Crippen LogP contribution in [0.25, 0.3) is 0 Å². The van der Waals surface area contributed by atoms with Gasteiger partial charge in [-0.05, 0) is 83.5 Å². The minimum atomic E-state index is -0.772. The van der Waals surface area contributed by atoms with Gasteiger partial charge in [-0.25, -0.2) is 0 Å². The second-order valence-corrected chi connectivity index (χ2v) is 23.9. The average Bonchev–Trinajstić information content (AvgIpc) is 3.46. The predicted octanol–water partition coefficient (Wildman–Crippen LogP) is 24.7.